The van der Waals surface area contributed by atoms with Crippen LogP contribution in [0.4, 0.5) is 5.69 Å². The van der Waals surface area contributed by atoms with Gasteiger partial charge in [0.15, 0.2) is 0 Å². The summed E-state index contributed by atoms with van der Waals surface area (Å²) < 4.78 is 28.1. The molecule has 0 atom stereocenters. The van der Waals surface area contributed by atoms with E-state index in [1.165, 1.54) is 24.1 Å². The number of nitrogens with zero attached hydrogens (tertiary/aromatic N) is 3. The number of aryl methyl sites for hydroxylation is 1. The zero-order valence-corrected chi connectivity index (χ0v) is 10.3. The molecule has 0 aliphatic carbocycles. The highest BCUT2D eigenvalue weighted by Crippen LogP contribution is 2.08. The first-order valence-electron chi connectivity index (χ1n) is 4.76. The van der Waals surface area contributed by atoms with E-state index < -0.39 is 16.2 Å². The minimum atomic E-state index is -3.73. The van der Waals surface area contributed by atoms with E-state index in [-0.39, 0.29) is 13.0 Å². The molecule has 0 unspecified atom stereocenters. The Balaban J connectivity index is 2.64. The number of nitrogens with one attached hydrogen (secondary N) is 1. The Kier molecular flexibility index (Phi) is 4.07. The maximum atomic E-state index is 11.7. The molecule has 9 heteroatoms. The number of carboxylic acids is 1. The van der Waals surface area contributed by atoms with Crippen LogP contribution in [0, 0.1) is 0 Å². The largest absolute Gasteiger partial charge is 0.481 e. The molecule has 0 saturated carbocycles. The van der Waals surface area contributed by atoms with Gasteiger partial charge in [0, 0.05) is 26.8 Å². The number of hydrogen-bond donors (Lipinski definition) is 2. The lowest BCUT2D eigenvalue weighted by atomic mass is 10.4. The van der Waals surface area contributed by atoms with Gasteiger partial charge in [0.25, 0.3) is 0 Å². The van der Waals surface area contributed by atoms with Crippen LogP contribution in [0.5, 0.6) is 0 Å². The minimum absolute atomic E-state index is 0.0923. The van der Waals surface area contributed by atoms with E-state index in [0.29, 0.717) is 5.69 Å². The molecular weight excluding hydrogens is 248 g/mol. The molecule has 0 aliphatic rings. The molecule has 8 nitrogen and oxygen atoms in total. The highest BCUT2D eigenvalue weighted by Gasteiger charge is 2.18. The van der Waals surface area contributed by atoms with Crippen molar-refractivity contribution in [2.45, 2.75) is 6.42 Å². The molecule has 0 aliphatic heterocycles. The maximum absolute atomic E-state index is 11.7. The van der Waals surface area contributed by atoms with Crippen molar-refractivity contribution in [1.29, 1.82) is 0 Å². The Bertz CT molecular complexity index is 495. The molecule has 2 N–H and O–H groups in total. The second-order valence-corrected chi connectivity index (χ2v) is 5.25. The summed E-state index contributed by atoms with van der Waals surface area (Å²) in [5.74, 6) is -1.05. The summed E-state index contributed by atoms with van der Waals surface area (Å²) >= 11 is 0. The maximum Gasteiger partial charge on any atom is 0.304 e. The van der Waals surface area contributed by atoms with Crippen molar-refractivity contribution < 1.29 is 18.3 Å². The summed E-state index contributed by atoms with van der Waals surface area (Å²) in [6, 6.07) is 0. The van der Waals surface area contributed by atoms with Gasteiger partial charge in [-0.05, 0) is 0 Å². The van der Waals surface area contributed by atoms with Crippen molar-refractivity contribution in [3.8, 4) is 0 Å². The van der Waals surface area contributed by atoms with Crippen molar-refractivity contribution in [3.05, 3.63) is 12.4 Å². The predicted octanol–water partition coefficient (Wildman–Crippen LogP) is -0.517. The molecule has 1 rings (SSSR count). The second kappa shape index (κ2) is 5.15. The smallest absolute Gasteiger partial charge is 0.304 e. The summed E-state index contributed by atoms with van der Waals surface area (Å²) in [4.78, 5) is 10.3. The Hall–Kier alpha value is -1.61. The van der Waals surface area contributed by atoms with Crippen LogP contribution in [0.25, 0.3) is 0 Å². The number of rotatable bonds is 6. The third-order valence-corrected chi connectivity index (χ3v) is 3.50. The highest BCUT2D eigenvalue weighted by atomic mass is 32.2. The molecule has 0 aromatic carbocycles. The van der Waals surface area contributed by atoms with Crippen LogP contribution in [0.15, 0.2) is 12.4 Å². The zero-order valence-electron chi connectivity index (χ0n) is 9.49. The first-order chi connectivity index (χ1) is 7.81. The lowest BCUT2D eigenvalue weighted by Crippen LogP contribution is -2.34. The van der Waals surface area contributed by atoms with E-state index in [1.807, 2.05) is 0 Å². The molecule has 0 amide bonds. The SMILES string of the molecule is CN(CCC(=O)O)S(=O)(=O)Nc1cnn(C)c1. The highest BCUT2D eigenvalue weighted by molar-refractivity contribution is 7.90. The summed E-state index contributed by atoms with van der Waals surface area (Å²) in [6.07, 6.45) is 2.62. The molecule has 0 bridgehead atoms. The summed E-state index contributed by atoms with van der Waals surface area (Å²) in [5, 5.41) is 12.3. The van der Waals surface area contributed by atoms with Crippen LogP contribution < -0.4 is 4.72 Å². The van der Waals surface area contributed by atoms with Gasteiger partial charge < -0.3 is 5.11 Å². The van der Waals surface area contributed by atoms with Gasteiger partial charge in [-0.1, -0.05) is 0 Å². The van der Waals surface area contributed by atoms with E-state index >= 15 is 0 Å². The average molecular weight is 262 g/mol. The molecule has 0 spiro atoms. The van der Waals surface area contributed by atoms with Crippen molar-refractivity contribution in [1.82, 2.24) is 14.1 Å². The molecule has 17 heavy (non-hydrogen) atoms. The average Bonchev–Trinajstić information content (AvgIpc) is 2.59. The standard InChI is InChI=1S/C8H14N4O4S/c1-11-6-7(5-9-11)10-17(15,16)12(2)4-3-8(13)14/h5-6,10H,3-4H2,1-2H3,(H,13,14). The third kappa shape index (κ3) is 4.04. The Morgan fingerprint density at radius 3 is 2.76 bits per heavy atom. The fraction of sp³-hybridized carbons (Fsp3) is 0.500. The lowest BCUT2D eigenvalue weighted by molar-refractivity contribution is -0.137. The third-order valence-electron chi connectivity index (χ3n) is 2.00. The van der Waals surface area contributed by atoms with Gasteiger partial charge in [-0.25, -0.2) is 0 Å². The minimum Gasteiger partial charge on any atom is -0.481 e. The Labute approximate surface area is 99.0 Å². The normalized spacial score (nSPS) is 11.7. The van der Waals surface area contributed by atoms with Crippen LogP contribution in [-0.2, 0) is 22.1 Å². The molecule has 1 aromatic heterocycles. The van der Waals surface area contributed by atoms with Crippen molar-refractivity contribution in [3.63, 3.8) is 0 Å². The van der Waals surface area contributed by atoms with Crippen LogP contribution >= 0.6 is 0 Å². The van der Waals surface area contributed by atoms with Crippen LogP contribution in [0.3, 0.4) is 0 Å². The molecule has 0 radical (unpaired) electrons. The van der Waals surface area contributed by atoms with Crippen molar-refractivity contribution in [2.24, 2.45) is 7.05 Å². The van der Waals surface area contributed by atoms with Gasteiger partial charge in [-0.15, -0.1) is 0 Å². The fourth-order valence-electron chi connectivity index (χ4n) is 1.07. The van der Waals surface area contributed by atoms with Gasteiger partial charge in [0.1, 0.15) is 0 Å². The first kappa shape index (κ1) is 13.5. The number of aromatic nitrogens is 2. The summed E-state index contributed by atoms with van der Waals surface area (Å²) in [7, 11) is -0.763. The molecule has 1 aromatic rings. The summed E-state index contributed by atoms with van der Waals surface area (Å²) in [5.41, 5.74) is 0.328. The van der Waals surface area contributed by atoms with E-state index in [1.54, 1.807) is 7.05 Å². The fourth-order valence-corrected chi connectivity index (χ4v) is 1.96. The van der Waals surface area contributed by atoms with E-state index in [0.717, 1.165) is 4.31 Å². The lowest BCUT2D eigenvalue weighted by Gasteiger charge is -2.16. The molecule has 0 saturated heterocycles. The first-order valence-corrected chi connectivity index (χ1v) is 6.20. The van der Waals surface area contributed by atoms with E-state index in [4.69, 9.17) is 5.11 Å². The Morgan fingerprint density at radius 2 is 2.29 bits per heavy atom. The van der Waals surface area contributed by atoms with Gasteiger partial charge in [0.05, 0.1) is 18.3 Å². The topological polar surface area (TPSA) is 105 Å². The van der Waals surface area contributed by atoms with Gasteiger partial charge in [-0.3, -0.25) is 14.2 Å². The van der Waals surface area contributed by atoms with Gasteiger partial charge >= 0.3 is 16.2 Å². The Morgan fingerprint density at radius 1 is 1.65 bits per heavy atom. The van der Waals surface area contributed by atoms with E-state index in [2.05, 4.69) is 9.82 Å². The number of carbonyl (C=O) groups is 1. The van der Waals surface area contributed by atoms with Crippen LogP contribution in [0.1, 0.15) is 6.42 Å². The molecule has 96 valence electrons. The zero-order chi connectivity index (χ0) is 13.1. The number of hydrogen-bond acceptors (Lipinski definition) is 4. The van der Waals surface area contributed by atoms with E-state index in [9.17, 15) is 13.2 Å². The molecule has 1 heterocycles. The van der Waals surface area contributed by atoms with Crippen LogP contribution in [-0.4, -0.2) is 47.2 Å². The van der Waals surface area contributed by atoms with Crippen LogP contribution in [0.2, 0.25) is 0 Å². The van der Waals surface area contributed by atoms with Gasteiger partial charge in [0.2, 0.25) is 0 Å². The van der Waals surface area contributed by atoms with Gasteiger partial charge in [-0.2, -0.15) is 17.8 Å². The molecular formula is C8H14N4O4S. The number of anilines is 1. The number of carboxylic acid groups (broad SMARTS) is 1. The monoisotopic (exact) mass is 262 g/mol. The molecule has 0 fully saturated rings. The number of aliphatic carboxylic acids is 1. The van der Waals surface area contributed by atoms with Crippen molar-refractivity contribution in [2.75, 3.05) is 18.3 Å². The summed E-state index contributed by atoms with van der Waals surface area (Å²) in [6.45, 7) is -0.0923. The quantitative estimate of drug-likeness (QED) is 0.718. The predicted molar refractivity (Wildman–Crippen MR) is 60.6 cm³/mol. The van der Waals surface area contributed by atoms with Crippen molar-refractivity contribution >= 4 is 21.9 Å². The second-order valence-electron chi connectivity index (χ2n) is 3.48.